The predicted octanol–water partition coefficient (Wildman–Crippen LogP) is 16.7. The maximum Gasteiger partial charge on any atom is 0.306 e. The lowest BCUT2D eigenvalue weighted by atomic mass is 10.0. The summed E-state index contributed by atoms with van der Waals surface area (Å²) in [5.74, 6) is -0.691. The minimum Gasteiger partial charge on any atom is -0.481 e. The van der Waals surface area contributed by atoms with E-state index < -0.39 is 5.97 Å². The Morgan fingerprint density at radius 2 is 0.736 bits per heavy atom. The standard InChI is InChI=1S/C49H92O4/c1-3-5-7-9-11-13-15-17-18-19-20-21-22-23-24-25-26-27-29-31-33-38-42-46-49(52)53-47(44-40-36-34-37-41-45-48(50)51)43-39-35-32-30-28-16-14-12-10-8-6-4-2/h15,17,19-20,47H,3-14,16,18,21-46H2,1-2H3,(H,50,51)/b17-15-,20-19-. The monoisotopic (exact) mass is 745 g/mol. The molecular formula is C49H92O4. The minimum atomic E-state index is -0.697. The van der Waals surface area contributed by atoms with E-state index in [4.69, 9.17) is 9.84 Å². The largest absolute Gasteiger partial charge is 0.481 e. The van der Waals surface area contributed by atoms with Crippen LogP contribution in [0.15, 0.2) is 24.3 Å². The van der Waals surface area contributed by atoms with Gasteiger partial charge in [-0.2, -0.15) is 0 Å². The van der Waals surface area contributed by atoms with Gasteiger partial charge in [-0.25, -0.2) is 0 Å². The molecule has 0 aromatic carbocycles. The molecule has 0 bridgehead atoms. The van der Waals surface area contributed by atoms with Crippen molar-refractivity contribution in [3.05, 3.63) is 24.3 Å². The maximum absolute atomic E-state index is 12.7. The summed E-state index contributed by atoms with van der Waals surface area (Å²) in [6.45, 7) is 4.56. The van der Waals surface area contributed by atoms with Gasteiger partial charge in [-0.15, -0.1) is 0 Å². The molecule has 0 amide bonds. The average Bonchev–Trinajstić information content (AvgIpc) is 3.14. The van der Waals surface area contributed by atoms with E-state index in [1.54, 1.807) is 0 Å². The summed E-state index contributed by atoms with van der Waals surface area (Å²) in [6.07, 6.45) is 57.9. The zero-order valence-electron chi connectivity index (χ0n) is 35.8. The number of carboxylic acids is 1. The zero-order chi connectivity index (χ0) is 38.6. The minimum absolute atomic E-state index is 0.00576. The van der Waals surface area contributed by atoms with Gasteiger partial charge in [0.15, 0.2) is 0 Å². The third-order valence-corrected chi connectivity index (χ3v) is 10.9. The third-order valence-electron chi connectivity index (χ3n) is 10.9. The molecule has 0 aromatic rings. The molecule has 0 aromatic heterocycles. The van der Waals surface area contributed by atoms with Crippen molar-refractivity contribution in [3.8, 4) is 0 Å². The van der Waals surface area contributed by atoms with E-state index in [-0.39, 0.29) is 18.5 Å². The molecule has 0 saturated heterocycles. The first-order valence-corrected chi connectivity index (χ1v) is 23.8. The van der Waals surface area contributed by atoms with E-state index in [9.17, 15) is 9.59 Å². The van der Waals surface area contributed by atoms with Gasteiger partial charge in [0.2, 0.25) is 0 Å². The predicted molar refractivity (Wildman–Crippen MR) is 232 cm³/mol. The van der Waals surface area contributed by atoms with Gasteiger partial charge >= 0.3 is 11.9 Å². The fourth-order valence-corrected chi connectivity index (χ4v) is 7.39. The van der Waals surface area contributed by atoms with Gasteiger partial charge in [0, 0.05) is 12.8 Å². The van der Waals surface area contributed by atoms with Gasteiger partial charge in [0.25, 0.3) is 0 Å². The van der Waals surface area contributed by atoms with Crippen LogP contribution in [0, 0.1) is 0 Å². The van der Waals surface area contributed by atoms with Crippen LogP contribution in [-0.2, 0) is 14.3 Å². The first-order chi connectivity index (χ1) is 26.1. The van der Waals surface area contributed by atoms with Gasteiger partial charge in [-0.05, 0) is 70.6 Å². The first kappa shape index (κ1) is 51.4. The Morgan fingerprint density at radius 3 is 1.11 bits per heavy atom. The van der Waals surface area contributed by atoms with E-state index >= 15 is 0 Å². The number of esters is 1. The van der Waals surface area contributed by atoms with Gasteiger partial charge in [-0.1, -0.05) is 212 Å². The van der Waals surface area contributed by atoms with Crippen molar-refractivity contribution >= 4 is 11.9 Å². The molecule has 0 aliphatic heterocycles. The molecule has 1 unspecified atom stereocenters. The van der Waals surface area contributed by atoms with E-state index in [1.807, 2.05) is 0 Å². The molecule has 0 saturated carbocycles. The molecule has 0 aliphatic rings. The summed E-state index contributed by atoms with van der Waals surface area (Å²) in [5, 5.41) is 8.85. The van der Waals surface area contributed by atoms with Crippen molar-refractivity contribution in [3.63, 3.8) is 0 Å². The fourth-order valence-electron chi connectivity index (χ4n) is 7.39. The highest BCUT2D eigenvalue weighted by molar-refractivity contribution is 5.69. The first-order valence-electron chi connectivity index (χ1n) is 23.8. The Bertz CT molecular complexity index is 802. The molecule has 4 heteroatoms. The Labute approximate surface area is 331 Å². The number of hydrogen-bond acceptors (Lipinski definition) is 3. The highest BCUT2D eigenvalue weighted by Gasteiger charge is 2.14. The van der Waals surface area contributed by atoms with Crippen molar-refractivity contribution in [2.75, 3.05) is 0 Å². The number of carbonyl (C=O) groups excluding carboxylic acids is 1. The molecule has 4 nitrogen and oxygen atoms in total. The lowest BCUT2D eigenvalue weighted by molar-refractivity contribution is -0.150. The van der Waals surface area contributed by atoms with Crippen LogP contribution in [0.5, 0.6) is 0 Å². The Hall–Kier alpha value is -1.58. The highest BCUT2D eigenvalue weighted by Crippen LogP contribution is 2.19. The topological polar surface area (TPSA) is 63.6 Å². The number of hydrogen-bond donors (Lipinski definition) is 1. The third kappa shape index (κ3) is 44.7. The summed E-state index contributed by atoms with van der Waals surface area (Å²) in [6, 6.07) is 0. The molecule has 0 radical (unpaired) electrons. The van der Waals surface area contributed by atoms with Crippen molar-refractivity contribution in [2.45, 2.75) is 277 Å². The summed E-state index contributed by atoms with van der Waals surface area (Å²) in [4.78, 5) is 23.5. The van der Waals surface area contributed by atoms with Crippen LogP contribution in [0.1, 0.15) is 271 Å². The van der Waals surface area contributed by atoms with Crippen LogP contribution in [-0.4, -0.2) is 23.1 Å². The SMILES string of the molecule is CCCCCCC/C=C\C/C=C\CCCCCCCCCCCCCC(=O)OC(CCCCCCCCCCCCCC)CCCCCCCC(=O)O. The maximum atomic E-state index is 12.7. The molecule has 0 fully saturated rings. The van der Waals surface area contributed by atoms with E-state index in [1.165, 1.54) is 173 Å². The van der Waals surface area contributed by atoms with Crippen LogP contribution in [0.2, 0.25) is 0 Å². The average molecular weight is 745 g/mol. The lowest BCUT2D eigenvalue weighted by Crippen LogP contribution is -2.18. The van der Waals surface area contributed by atoms with Crippen LogP contribution < -0.4 is 0 Å². The van der Waals surface area contributed by atoms with E-state index in [0.717, 1.165) is 70.6 Å². The number of carboxylic acid groups (broad SMARTS) is 1. The number of carbonyl (C=O) groups is 2. The number of aliphatic carboxylic acids is 1. The zero-order valence-corrected chi connectivity index (χ0v) is 35.8. The van der Waals surface area contributed by atoms with Crippen molar-refractivity contribution in [1.82, 2.24) is 0 Å². The summed E-state index contributed by atoms with van der Waals surface area (Å²) in [7, 11) is 0. The fraction of sp³-hybridized carbons (Fsp3) is 0.878. The van der Waals surface area contributed by atoms with Crippen LogP contribution in [0.4, 0.5) is 0 Å². The molecule has 1 atom stereocenters. The summed E-state index contributed by atoms with van der Waals surface area (Å²) >= 11 is 0. The molecule has 53 heavy (non-hydrogen) atoms. The molecule has 0 spiro atoms. The van der Waals surface area contributed by atoms with Gasteiger partial charge in [-0.3, -0.25) is 9.59 Å². The van der Waals surface area contributed by atoms with Crippen LogP contribution in [0.3, 0.4) is 0 Å². The Morgan fingerprint density at radius 1 is 0.415 bits per heavy atom. The van der Waals surface area contributed by atoms with Gasteiger partial charge < -0.3 is 9.84 Å². The van der Waals surface area contributed by atoms with Crippen molar-refractivity contribution in [1.29, 1.82) is 0 Å². The molecular weight excluding hydrogens is 653 g/mol. The second-order valence-corrected chi connectivity index (χ2v) is 16.3. The number of allylic oxidation sites excluding steroid dienone is 4. The molecule has 312 valence electrons. The van der Waals surface area contributed by atoms with Crippen LogP contribution in [0.25, 0.3) is 0 Å². The second kappa shape index (κ2) is 44.8. The van der Waals surface area contributed by atoms with Crippen molar-refractivity contribution < 1.29 is 19.4 Å². The highest BCUT2D eigenvalue weighted by atomic mass is 16.5. The number of unbranched alkanes of at least 4 members (excludes halogenated alkanes) is 31. The second-order valence-electron chi connectivity index (χ2n) is 16.3. The lowest BCUT2D eigenvalue weighted by Gasteiger charge is -2.18. The van der Waals surface area contributed by atoms with Gasteiger partial charge in [0.05, 0.1) is 0 Å². The van der Waals surface area contributed by atoms with Gasteiger partial charge in [0.1, 0.15) is 6.10 Å². The molecule has 0 aliphatic carbocycles. The smallest absolute Gasteiger partial charge is 0.306 e. The molecule has 1 N–H and O–H groups in total. The van der Waals surface area contributed by atoms with Crippen LogP contribution >= 0.6 is 0 Å². The molecule has 0 heterocycles. The Balaban J connectivity index is 3.88. The summed E-state index contributed by atoms with van der Waals surface area (Å²) in [5.41, 5.74) is 0. The van der Waals surface area contributed by atoms with E-state index in [0.29, 0.717) is 6.42 Å². The number of rotatable bonds is 44. The quantitative estimate of drug-likeness (QED) is 0.0383. The molecule has 0 rings (SSSR count). The van der Waals surface area contributed by atoms with Crippen molar-refractivity contribution in [2.24, 2.45) is 0 Å². The Kier molecular flexibility index (Phi) is 43.5. The number of ether oxygens (including phenoxy) is 1. The summed E-state index contributed by atoms with van der Waals surface area (Å²) < 4.78 is 6.04. The normalized spacial score (nSPS) is 12.3. The van der Waals surface area contributed by atoms with E-state index in [2.05, 4.69) is 38.2 Å².